The smallest absolute Gasteiger partial charge is 0.161 e. The van der Waals surface area contributed by atoms with Gasteiger partial charge in [0.05, 0.1) is 16.6 Å². The van der Waals surface area contributed by atoms with E-state index in [-0.39, 0.29) is 11.0 Å². The topological polar surface area (TPSA) is 59.6 Å². The predicted octanol–water partition coefficient (Wildman–Crippen LogP) is 12.0. The first-order chi connectivity index (χ1) is 23.6. The third kappa shape index (κ3) is 4.60. The lowest BCUT2D eigenvalue weighted by atomic mass is 9.85. The van der Waals surface area contributed by atoms with Crippen molar-refractivity contribution in [1.82, 2.24) is 19.5 Å². The zero-order valence-corrected chi connectivity index (χ0v) is 28.7. The molecule has 4 aromatic heterocycles. The standard InChI is InChI=1S/C44H38N4O/c1-43(2,3)28-24-33-30-15-7-9-18-35(30)46-39(33)34(25-28)42-47-40-29(17-12-19-36(40)48(42)44(4,5)6)26-13-11-14-27(23-26)38-41-32(21-22-45-38)31-16-8-10-20-37(31)49-41/h7-25,46H,1-6H3. The van der Waals surface area contributed by atoms with Crippen LogP contribution < -0.4 is 0 Å². The van der Waals surface area contributed by atoms with E-state index in [1.54, 1.807) is 0 Å². The number of imidazole rings is 1. The van der Waals surface area contributed by atoms with Gasteiger partial charge in [-0.2, -0.15) is 0 Å². The van der Waals surface area contributed by atoms with E-state index in [9.17, 15) is 0 Å². The SMILES string of the molecule is CC(C)(C)c1cc(-c2nc3c(-c4cccc(-c5nccc6c5oc5ccccc56)c4)cccc3n2C(C)(C)C)c2[nH]c3ccccc3c2c1. The largest absolute Gasteiger partial charge is 0.454 e. The van der Waals surface area contributed by atoms with Crippen LogP contribution in [-0.2, 0) is 11.0 Å². The van der Waals surface area contributed by atoms with Crippen LogP contribution >= 0.6 is 0 Å². The third-order valence-electron chi connectivity index (χ3n) is 9.82. The maximum absolute atomic E-state index is 6.37. The fraction of sp³-hybridized carbons (Fsp3) is 0.182. The average Bonchev–Trinajstić information content (AvgIpc) is 3.79. The quantitative estimate of drug-likeness (QED) is 0.209. The van der Waals surface area contributed by atoms with Crippen molar-refractivity contribution in [2.24, 2.45) is 0 Å². The molecule has 0 unspecified atom stereocenters. The van der Waals surface area contributed by atoms with Crippen LogP contribution in [0, 0.1) is 0 Å². The molecule has 0 saturated heterocycles. The Morgan fingerprint density at radius 3 is 2.22 bits per heavy atom. The fourth-order valence-corrected chi connectivity index (χ4v) is 7.44. The van der Waals surface area contributed by atoms with Gasteiger partial charge >= 0.3 is 0 Å². The number of nitrogens with zero attached hydrogens (tertiary/aromatic N) is 3. The number of fused-ring (bicyclic) bond motifs is 7. The highest BCUT2D eigenvalue weighted by molar-refractivity contribution is 6.12. The second-order valence-electron chi connectivity index (χ2n) is 15.2. The van der Waals surface area contributed by atoms with Crippen molar-refractivity contribution < 1.29 is 4.42 Å². The second kappa shape index (κ2) is 10.4. The van der Waals surface area contributed by atoms with E-state index in [1.807, 2.05) is 30.5 Å². The van der Waals surface area contributed by atoms with Crippen molar-refractivity contribution in [3.8, 4) is 33.8 Å². The van der Waals surface area contributed by atoms with Crippen LogP contribution in [0.3, 0.4) is 0 Å². The molecule has 0 aliphatic heterocycles. The minimum atomic E-state index is -0.235. The summed E-state index contributed by atoms with van der Waals surface area (Å²) in [6.07, 6.45) is 1.88. The van der Waals surface area contributed by atoms with E-state index in [2.05, 4.69) is 136 Å². The molecule has 0 bridgehead atoms. The summed E-state index contributed by atoms with van der Waals surface area (Å²) in [6.45, 7) is 13.6. The minimum Gasteiger partial charge on any atom is -0.454 e. The van der Waals surface area contributed by atoms with Gasteiger partial charge in [0.25, 0.3) is 0 Å². The number of rotatable bonds is 3. The zero-order valence-electron chi connectivity index (χ0n) is 28.7. The van der Waals surface area contributed by atoms with Gasteiger partial charge < -0.3 is 14.0 Å². The number of aromatic amines is 1. The normalized spacial score (nSPS) is 12.7. The Morgan fingerprint density at radius 1 is 0.653 bits per heavy atom. The van der Waals surface area contributed by atoms with E-state index < -0.39 is 0 Å². The number of nitrogens with one attached hydrogen (secondary N) is 1. The van der Waals surface area contributed by atoms with E-state index in [0.29, 0.717) is 0 Å². The van der Waals surface area contributed by atoms with Crippen LogP contribution in [0.4, 0.5) is 0 Å². The molecular formula is C44H38N4O. The molecular weight excluding hydrogens is 601 g/mol. The monoisotopic (exact) mass is 638 g/mol. The van der Waals surface area contributed by atoms with E-state index in [4.69, 9.17) is 14.4 Å². The highest BCUT2D eigenvalue weighted by Gasteiger charge is 2.27. The summed E-state index contributed by atoms with van der Waals surface area (Å²) in [5, 5.41) is 4.63. The van der Waals surface area contributed by atoms with Gasteiger partial charge in [0.1, 0.15) is 17.1 Å². The summed E-state index contributed by atoms with van der Waals surface area (Å²) >= 11 is 0. The third-order valence-corrected chi connectivity index (χ3v) is 9.82. The van der Waals surface area contributed by atoms with Crippen LogP contribution in [0.5, 0.6) is 0 Å². The van der Waals surface area contributed by atoms with Gasteiger partial charge in [-0.15, -0.1) is 0 Å². The number of para-hydroxylation sites is 3. The Balaban J connectivity index is 1.29. The van der Waals surface area contributed by atoms with E-state index in [0.717, 1.165) is 77.8 Å². The molecule has 5 heteroatoms. The molecule has 49 heavy (non-hydrogen) atoms. The van der Waals surface area contributed by atoms with Gasteiger partial charge in [0.2, 0.25) is 0 Å². The molecule has 0 atom stereocenters. The summed E-state index contributed by atoms with van der Waals surface area (Å²) in [5.41, 5.74) is 12.1. The molecule has 0 spiro atoms. The molecule has 9 aromatic rings. The highest BCUT2D eigenvalue weighted by atomic mass is 16.3. The lowest BCUT2D eigenvalue weighted by Crippen LogP contribution is -2.23. The Kier molecular flexibility index (Phi) is 6.26. The molecule has 0 saturated carbocycles. The lowest BCUT2D eigenvalue weighted by molar-refractivity contribution is 0.413. The maximum Gasteiger partial charge on any atom is 0.161 e. The summed E-state index contributed by atoms with van der Waals surface area (Å²) in [5.74, 6) is 0.961. The Hall–Kier alpha value is -5.68. The number of furan rings is 1. The maximum atomic E-state index is 6.37. The summed E-state index contributed by atoms with van der Waals surface area (Å²) in [6, 6.07) is 38.6. The van der Waals surface area contributed by atoms with E-state index in [1.165, 1.54) is 16.3 Å². The molecule has 0 radical (unpaired) electrons. The van der Waals surface area contributed by atoms with Crippen molar-refractivity contribution in [2.75, 3.05) is 0 Å². The molecule has 0 aliphatic rings. The van der Waals surface area contributed by atoms with Crippen LogP contribution in [0.2, 0.25) is 0 Å². The predicted molar refractivity (Wildman–Crippen MR) is 204 cm³/mol. The summed E-state index contributed by atoms with van der Waals surface area (Å²) in [4.78, 5) is 14.2. The Morgan fingerprint density at radius 2 is 1.41 bits per heavy atom. The van der Waals surface area contributed by atoms with Gasteiger partial charge in [-0.3, -0.25) is 4.98 Å². The van der Waals surface area contributed by atoms with Gasteiger partial charge in [0.15, 0.2) is 5.58 Å². The van der Waals surface area contributed by atoms with Crippen LogP contribution in [0.25, 0.3) is 88.5 Å². The van der Waals surface area contributed by atoms with Gasteiger partial charge in [0, 0.05) is 55.5 Å². The van der Waals surface area contributed by atoms with Crippen LogP contribution in [0.1, 0.15) is 47.1 Å². The highest BCUT2D eigenvalue weighted by Crippen LogP contribution is 2.42. The van der Waals surface area contributed by atoms with Gasteiger partial charge in [-0.1, -0.05) is 87.5 Å². The van der Waals surface area contributed by atoms with Crippen molar-refractivity contribution in [1.29, 1.82) is 0 Å². The van der Waals surface area contributed by atoms with Gasteiger partial charge in [-0.25, -0.2) is 4.98 Å². The van der Waals surface area contributed by atoms with Crippen molar-refractivity contribution in [3.63, 3.8) is 0 Å². The summed E-state index contributed by atoms with van der Waals surface area (Å²) < 4.78 is 8.78. The number of hydrogen-bond acceptors (Lipinski definition) is 3. The van der Waals surface area contributed by atoms with E-state index >= 15 is 0 Å². The number of hydrogen-bond donors (Lipinski definition) is 1. The Bertz CT molecular complexity index is 2740. The molecule has 5 nitrogen and oxygen atoms in total. The lowest BCUT2D eigenvalue weighted by Gasteiger charge is -2.26. The second-order valence-corrected chi connectivity index (χ2v) is 15.2. The van der Waals surface area contributed by atoms with Gasteiger partial charge in [-0.05, 0) is 79.8 Å². The number of benzene rings is 5. The number of pyridine rings is 1. The zero-order chi connectivity index (χ0) is 33.7. The molecule has 0 amide bonds. The van der Waals surface area contributed by atoms with Crippen molar-refractivity contribution in [3.05, 3.63) is 121 Å². The molecule has 0 aliphatic carbocycles. The number of aromatic nitrogens is 4. The van der Waals surface area contributed by atoms with Crippen LogP contribution in [0.15, 0.2) is 120 Å². The molecule has 0 fully saturated rings. The molecule has 240 valence electrons. The molecule has 9 rings (SSSR count). The fourth-order valence-electron chi connectivity index (χ4n) is 7.44. The molecule has 5 aromatic carbocycles. The molecule has 4 heterocycles. The Labute approximate surface area is 285 Å². The average molecular weight is 639 g/mol. The first-order valence-electron chi connectivity index (χ1n) is 17.0. The van der Waals surface area contributed by atoms with Crippen molar-refractivity contribution >= 4 is 54.8 Å². The summed E-state index contributed by atoms with van der Waals surface area (Å²) in [7, 11) is 0. The van der Waals surface area contributed by atoms with Crippen molar-refractivity contribution in [2.45, 2.75) is 52.5 Å². The number of H-pyrrole nitrogens is 1. The first kappa shape index (κ1) is 29.5. The van der Waals surface area contributed by atoms with Crippen LogP contribution in [-0.4, -0.2) is 19.5 Å². The molecule has 1 N–H and O–H groups in total. The minimum absolute atomic E-state index is 0.0395. The first-order valence-corrected chi connectivity index (χ1v) is 17.0.